The number of hydrogen-bond donors (Lipinski definition) is 2. The summed E-state index contributed by atoms with van der Waals surface area (Å²) < 4.78 is 12.2. The van der Waals surface area contributed by atoms with Gasteiger partial charge in [0.25, 0.3) is 5.91 Å². The second-order valence-electron chi connectivity index (χ2n) is 5.87. The van der Waals surface area contributed by atoms with Crippen LogP contribution < -0.4 is 15.8 Å². The molecule has 0 aliphatic heterocycles. The summed E-state index contributed by atoms with van der Waals surface area (Å²) in [7, 11) is 1.57. The highest BCUT2D eigenvalue weighted by atomic mass is 32.1. The Balaban J connectivity index is 1.83. The first kappa shape index (κ1) is 20.6. The number of esters is 1. The lowest BCUT2D eigenvalue weighted by molar-refractivity contribution is 0.0526. The van der Waals surface area contributed by atoms with Gasteiger partial charge in [-0.05, 0) is 55.5 Å². The lowest BCUT2D eigenvalue weighted by Gasteiger charge is -2.09. The van der Waals surface area contributed by atoms with E-state index >= 15 is 0 Å². The van der Waals surface area contributed by atoms with Crippen molar-refractivity contribution in [1.29, 1.82) is 0 Å². The Bertz CT molecular complexity index is 1100. The number of rotatable bonds is 6. The zero-order chi connectivity index (χ0) is 21.0. The number of nitrogens with two attached hydrogens (primary N) is 1. The Hall–Kier alpha value is -3.17. The topological polar surface area (TPSA) is 95.6 Å². The Kier molecular flexibility index (Phi) is 6.30. The number of nitrogens with one attached hydrogen (secondary N) is 1. The van der Waals surface area contributed by atoms with Gasteiger partial charge in [-0.15, -0.1) is 0 Å². The van der Waals surface area contributed by atoms with Crippen molar-refractivity contribution in [2.24, 2.45) is 0 Å². The number of anilines is 2. The molecule has 3 N–H and O–H groups in total. The molecule has 0 saturated heterocycles. The van der Waals surface area contributed by atoms with Gasteiger partial charge in [-0.3, -0.25) is 9.36 Å². The highest BCUT2D eigenvalue weighted by Crippen LogP contribution is 2.28. The number of hydrogen-bond acceptors (Lipinski definition) is 7. The maximum absolute atomic E-state index is 12.7. The first-order valence-electron chi connectivity index (χ1n) is 8.69. The maximum Gasteiger partial charge on any atom is 0.338 e. The molecule has 0 aliphatic carbocycles. The number of carbonyl (C=O) groups excluding carboxylic acids is 2. The van der Waals surface area contributed by atoms with Crippen LogP contribution in [-0.4, -0.2) is 30.2 Å². The van der Waals surface area contributed by atoms with Crippen molar-refractivity contribution < 1.29 is 19.1 Å². The second-order valence-corrected chi connectivity index (χ2v) is 7.52. The van der Waals surface area contributed by atoms with E-state index in [0.717, 1.165) is 11.3 Å². The number of benzene rings is 2. The van der Waals surface area contributed by atoms with E-state index in [1.54, 1.807) is 48.9 Å². The predicted molar refractivity (Wildman–Crippen MR) is 116 cm³/mol. The molecule has 9 heteroatoms. The molecule has 2 aromatic carbocycles. The third kappa shape index (κ3) is 4.47. The van der Waals surface area contributed by atoms with E-state index in [0.29, 0.717) is 38.1 Å². The number of thiazole rings is 1. The van der Waals surface area contributed by atoms with Crippen LogP contribution in [0.4, 0.5) is 11.5 Å². The number of methoxy groups -OCH3 is 1. The van der Waals surface area contributed by atoms with Crippen molar-refractivity contribution in [3.63, 3.8) is 0 Å². The van der Waals surface area contributed by atoms with Crippen molar-refractivity contribution in [1.82, 2.24) is 4.57 Å². The smallest absolute Gasteiger partial charge is 0.338 e. The second kappa shape index (κ2) is 8.89. The minimum absolute atomic E-state index is 0.244. The first-order chi connectivity index (χ1) is 13.9. The van der Waals surface area contributed by atoms with Gasteiger partial charge >= 0.3 is 5.97 Å². The van der Waals surface area contributed by atoms with Crippen LogP contribution in [0.1, 0.15) is 27.0 Å². The molecule has 0 spiro atoms. The summed E-state index contributed by atoms with van der Waals surface area (Å²) in [6.45, 7) is 2.04. The van der Waals surface area contributed by atoms with E-state index < -0.39 is 5.97 Å². The van der Waals surface area contributed by atoms with E-state index in [9.17, 15) is 9.59 Å². The van der Waals surface area contributed by atoms with Crippen molar-refractivity contribution in [2.45, 2.75) is 6.92 Å². The molecule has 0 saturated carbocycles. The molecule has 3 aromatic rings. The van der Waals surface area contributed by atoms with E-state index in [1.165, 1.54) is 0 Å². The van der Waals surface area contributed by atoms with Crippen molar-refractivity contribution >= 4 is 46.9 Å². The number of amides is 1. The molecule has 29 heavy (non-hydrogen) atoms. The average molecular weight is 430 g/mol. The van der Waals surface area contributed by atoms with Gasteiger partial charge in [0.05, 0.1) is 25.0 Å². The molecule has 0 radical (unpaired) electrons. The molecule has 0 bridgehead atoms. The van der Waals surface area contributed by atoms with Crippen LogP contribution in [0.3, 0.4) is 0 Å². The van der Waals surface area contributed by atoms with Gasteiger partial charge in [0.15, 0.2) is 3.95 Å². The van der Waals surface area contributed by atoms with Gasteiger partial charge < -0.3 is 20.5 Å². The lowest BCUT2D eigenvalue weighted by Crippen LogP contribution is -2.13. The molecule has 1 amide bonds. The SMILES string of the molecule is CCOC(=O)c1ccc(NC(=O)c2sc(=S)n(-c3cccc(OC)c3)c2N)cc1. The molecule has 1 heterocycles. The van der Waals surface area contributed by atoms with Gasteiger partial charge in [0.1, 0.15) is 16.4 Å². The highest BCUT2D eigenvalue weighted by molar-refractivity contribution is 7.73. The van der Waals surface area contributed by atoms with E-state index in [1.807, 2.05) is 18.2 Å². The largest absolute Gasteiger partial charge is 0.497 e. The number of nitrogen functional groups attached to an aromatic ring is 1. The molecule has 0 atom stereocenters. The minimum atomic E-state index is -0.414. The van der Waals surface area contributed by atoms with E-state index in [4.69, 9.17) is 27.4 Å². The number of carbonyl (C=O) groups is 2. The van der Waals surface area contributed by atoms with Crippen LogP contribution in [0.2, 0.25) is 0 Å². The third-order valence-electron chi connectivity index (χ3n) is 4.02. The van der Waals surface area contributed by atoms with Crippen molar-refractivity contribution in [3.8, 4) is 11.4 Å². The molecule has 0 unspecified atom stereocenters. The summed E-state index contributed by atoms with van der Waals surface area (Å²) in [5, 5.41) is 2.77. The van der Waals surface area contributed by atoms with E-state index in [-0.39, 0.29) is 11.7 Å². The normalized spacial score (nSPS) is 10.4. The van der Waals surface area contributed by atoms with Gasteiger partial charge in [0.2, 0.25) is 0 Å². The summed E-state index contributed by atoms with van der Waals surface area (Å²) in [6, 6.07) is 13.7. The summed E-state index contributed by atoms with van der Waals surface area (Å²) >= 11 is 6.52. The van der Waals surface area contributed by atoms with Gasteiger partial charge in [-0.25, -0.2) is 4.79 Å². The summed E-state index contributed by atoms with van der Waals surface area (Å²) in [5.74, 6) is 0.101. The van der Waals surface area contributed by atoms with Crippen LogP contribution >= 0.6 is 23.6 Å². The van der Waals surface area contributed by atoms with Gasteiger partial charge in [0, 0.05) is 11.8 Å². The fourth-order valence-electron chi connectivity index (χ4n) is 2.63. The van der Waals surface area contributed by atoms with Gasteiger partial charge in [-0.2, -0.15) is 0 Å². The maximum atomic E-state index is 12.7. The average Bonchev–Trinajstić information content (AvgIpc) is 3.03. The summed E-state index contributed by atoms with van der Waals surface area (Å²) in [4.78, 5) is 24.7. The molecule has 0 aliphatic rings. The third-order valence-corrected chi connectivity index (χ3v) is 5.41. The zero-order valence-corrected chi connectivity index (χ0v) is 17.4. The Morgan fingerprint density at radius 3 is 2.59 bits per heavy atom. The van der Waals surface area contributed by atoms with Crippen LogP contribution in [-0.2, 0) is 4.74 Å². The van der Waals surface area contributed by atoms with Crippen molar-refractivity contribution in [2.75, 3.05) is 24.8 Å². The van der Waals surface area contributed by atoms with Crippen LogP contribution in [0.15, 0.2) is 48.5 Å². The molecular formula is C20H19N3O4S2. The Morgan fingerprint density at radius 2 is 1.93 bits per heavy atom. The molecule has 1 aromatic heterocycles. The standard InChI is InChI=1S/C20H19N3O4S2/c1-3-27-19(25)12-7-9-13(10-8-12)22-18(24)16-17(21)23(20(28)29-16)14-5-4-6-15(11-14)26-2/h4-11H,3,21H2,1-2H3,(H,22,24). The summed E-state index contributed by atoms with van der Waals surface area (Å²) in [6.07, 6.45) is 0. The monoisotopic (exact) mass is 429 g/mol. The molecular weight excluding hydrogens is 410 g/mol. The molecule has 3 rings (SSSR count). The minimum Gasteiger partial charge on any atom is -0.497 e. The molecule has 0 fully saturated rings. The van der Waals surface area contributed by atoms with Gasteiger partial charge in [-0.1, -0.05) is 17.4 Å². The fourth-order valence-corrected chi connectivity index (χ4v) is 3.90. The quantitative estimate of drug-likeness (QED) is 0.448. The Labute approximate surface area is 176 Å². The number of ether oxygens (including phenoxy) is 2. The van der Waals surface area contributed by atoms with Crippen molar-refractivity contribution in [3.05, 3.63) is 62.9 Å². The van der Waals surface area contributed by atoms with Crippen LogP contribution in [0.25, 0.3) is 5.69 Å². The fraction of sp³-hybridized carbons (Fsp3) is 0.150. The Morgan fingerprint density at radius 1 is 1.21 bits per heavy atom. The number of nitrogens with zero attached hydrogens (tertiary/aromatic N) is 1. The zero-order valence-electron chi connectivity index (χ0n) is 15.8. The van der Waals surface area contributed by atoms with E-state index in [2.05, 4.69) is 5.32 Å². The molecule has 150 valence electrons. The molecule has 7 nitrogen and oxygen atoms in total. The lowest BCUT2D eigenvalue weighted by atomic mass is 10.2. The van der Waals surface area contributed by atoms with Crippen LogP contribution in [0, 0.1) is 3.95 Å². The first-order valence-corrected chi connectivity index (χ1v) is 9.91. The highest BCUT2D eigenvalue weighted by Gasteiger charge is 2.19. The summed E-state index contributed by atoms with van der Waals surface area (Å²) in [5.41, 5.74) is 7.86. The predicted octanol–water partition coefficient (Wildman–Crippen LogP) is 4.29. The van der Waals surface area contributed by atoms with Crippen LogP contribution in [0.5, 0.6) is 5.75 Å². The number of aromatic nitrogens is 1.